The molecule has 1 amide bonds. The number of amides is 1. The van der Waals surface area contributed by atoms with Crippen LogP contribution < -0.4 is 10.1 Å². The first-order valence-corrected chi connectivity index (χ1v) is 8.73. The number of ether oxygens (including phenoxy) is 1. The van der Waals surface area contributed by atoms with Gasteiger partial charge in [-0.1, -0.05) is 6.07 Å². The SMILES string of the molecule is O=C(CNc1ccc(OC(F)(F)F)cc1)N1CCCC1c1cccs1. The number of nitrogens with zero attached hydrogens (tertiary/aromatic N) is 1. The van der Waals surface area contributed by atoms with Gasteiger partial charge in [-0.2, -0.15) is 0 Å². The van der Waals surface area contributed by atoms with E-state index in [1.807, 2.05) is 22.4 Å². The van der Waals surface area contributed by atoms with E-state index in [4.69, 9.17) is 0 Å². The molecule has 134 valence electrons. The van der Waals surface area contributed by atoms with Crippen LogP contribution in [0.4, 0.5) is 18.9 Å². The molecule has 3 rings (SSSR count). The van der Waals surface area contributed by atoms with E-state index in [1.165, 1.54) is 29.1 Å². The Balaban J connectivity index is 1.55. The van der Waals surface area contributed by atoms with Crippen molar-refractivity contribution in [3.8, 4) is 5.75 Å². The van der Waals surface area contributed by atoms with Gasteiger partial charge in [0.1, 0.15) is 5.75 Å². The van der Waals surface area contributed by atoms with Crippen LogP contribution in [0.5, 0.6) is 5.75 Å². The Hall–Kier alpha value is -2.22. The molecule has 1 saturated heterocycles. The standard InChI is InChI=1S/C17H17F3N2O2S/c18-17(19,20)24-13-7-5-12(6-8-13)21-11-16(23)22-9-1-3-14(22)15-4-2-10-25-15/h2,4-8,10,14,21H,1,3,9,11H2. The van der Waals surface area contributed by atoms with Crippen LogP contribution >= 0.6 is 11.3 Å². The molecule has 1 aliphatic rings. The summed E-state index contributed by atoms with van der Waals surface area (Å²) in [5.41, 5.74) is 0.565. The van der Waals surface area contributed by atoms with Crippen LogP contribution in [-0.2, 0) is 4.79 Å². The average Bonchev–Trinajstić information content (AvgIpc) is 3.23. The fourth-order valence-electron chi connectivity index (χ4n) is 2.90. The van der Waals surface area contributed by atoms with Gasteiger partial charge in [-0.15, -0.1) is 24.5 Å². The van der Waals surface area contributed by atoms with Gasteiger partial charge in [-0.05, 0) is 48.6 Å². The number of hydrogen-bond acceptors (Lipinski definition) is 4. The lowest BCUT2D eigenvalue weighted by Gasteiger charge is -2.24. The minimum absolute atomic E-state index is 0.0217. The van der Waals surface area contributed by atoms with Gasteiger partial charge in [0, 0.05) is 17.1 Å². The van der Waals surface area contributed by atoms with Crippen molar-refractivity contribution in [2.75, 3.05) is 18.4 Å². The second kappa shape index (κ2) is 7.35. The normalized spacial score (nSPS) is 17.6. The molecule has 1 atom stereocenters. The van der Waals surface area contributed by atoms with E-state index in [1.54, 1.807) is 11.3 Å². The van der Waals surface area contributed by atoms with Gasteiger partial charge in [0.25, 0.3) is 0 Å². The molecule has 1 aliphatic heterocycles. The first-order chi connectivity index (χ1) is 11.9. The molecule has 1 aromatic carbocycles. The first kappa shape index (κ1) is 17.6. The lowest BCUT2D eigenvalue weighted by atomic mass is 10.2. The maximum atomic E-state index is 12.5. The Morgan fingerprint density at radius 3 is 2.68 bits per heavy atom. The van der Waals surface area contributed by atoms with Crippen LogP contribution in [0, 0.1) is 0 Å². The highest BCUT2D eigenvalue weighted by Gasteiger charge is 2.31. The summed E-state index contributed by atoms with van der Waals surface area (Å²) in [4.78, 5) is 15.5. The molecule has 0 saturated carbocycles. The van der Waals surface area contributed by atoms with Gasteiger partial charge in [0.15, 0.2) is 0 Å². The predicted octanol–water partition coefficient (Wildman–Crippen LogP) is 4.42. The summed E-state index contributed by atoms with van der Waals surface area (Å²) in [6, 6.07) is 9.47. The summed E-state index contributed by atoms with van der Waals surface area (Å²) >= 11 is 1.64. The van der Waals surface area contributed by atoms with Crippen molar-refractivity contribution < 1.29 is 22.7 Å². The third kappa shape index (κ3) is 4.66. The van der Waals surface area contributed by atoms with Gasteiger partial charge in [0.05, 0.1) is 12.6 Å². The number of rotatable bonds is 5. The Labute approximate surface area is 147 Å². The van der Waals surface area contributed by atoms with Crippen LogP contribution in [0.25, 0.3) is 0 Å². The summed E-state index contributed by atoms with van der Waals surface area (Å²) < 4.78 is 40.2. The molecule has 8 heteroatoms. The van der Waals surface area contributed by atoms with Crippen molar-refractivity contribution in [3.63, 3.8) is 0 Å². The highest BCUT2D eigenvalue weighted by Crippen LogP contribution is 2.34. The zero-order valence-electron chi connectivity index (χ0n) is 13.3. The van der Waals surface area contributed by atoms with Crippen molar-refractivity contribution in [2.24, 2.45) is 0 Å². The van der Waals surface area contributed by atoms with Crippen LogP contribution in [-0.4, -0.2) is 30.3 Å². The van der Waals surface area contributed by atoms with E-state index in [2.05, 4.69) is 10.1 Å². The molecule has 1 aromatic heterocycles. The number of carbonyl (C=O) groups is 1. The van der Waals surface area contributed by atoms with Crippen molar-refractivity contribution in [3.05, 3.63) is 46.7 Å². The van der Waals surface area contributed by atoms with Crippen molar-refractivity contribution >= 4 is 22.9 Å². The fraction of sp³-hybridized carbons (Fsp3) is 0.353. The summed E-state index contributed by atoms with van der Waals surface area (Å²) in [5.74, 6) is -0.312. The lowest BCUT2D eigenvalue weighted by Crippen LogP contribution is -2.34. The maximum Gasteiger partial charge on any atom is 0.573 e. The van der Waals surface area contributed by atoms with Crippen molar-refractivity contribution in [1.82, 2.24) is 4.90 Å². The quantitative estimate of drug-likeness (QED) is 0.847. The largest absolute Gasteiger partial charge is 0.573 e. The predicted molar refractivity (Wildman–Crippen MR) is 89.6 cm³/mol. The fourth-order valence-corrected chi connectivity index (χ4v) is 3.77. The van der Waals surface area contributed by atoms with Crippen molar-refractivity contribution in [2.45, 2.75) is 25.2 Å². The number of hydrogen-bond donors (Lipinski definition) is 1. The summed E-state index contributed by atoms with van der Waals surface area (Å²) in [7, 11) is 0. The number of benzene rings is 1. The zero-order valence-corrected chi connectivity index (χ0v) is 14.1. The lowest BCUT2D eigenvalue weighted by molar-refractivity contribution is -0.274. The van der Waals surface area contributed by atoms with Gasteiger partial charge in [-0.3, -0.25) is 4.79 Å². The second-order valence-electron chi connectivity index (χ2n) is 5.69. The molecule has 4 nitrogen and oxygen atoms in total. The van der Waals surface area contributed by atoms with E-state index in [0.29, 0.717) is 5.69 Å². The average molecular weight is 370 g/mol. The van der Waals surface area contributed by atoms with E-state index < -0.39 is 6.36 Å². The van der Waals surface area contributed by atoms with E-state index in [9.17, 15) is 18.0 Å². The molecule has 1 fully saturated rings. The first-order valence-electron chi connectivity index (χ1n) is 7.85. The molecule has 1 N–H and O–H groups in total. The number of thiophene rings is 1. The topological polar surface area (TPSA) is 41.6 Å². The summed E-state index contributed by atoms with van der Waals surface area (Å²) in [6.45, 7) is 0.822. The number of alkyl halides is 3. The van der Waals surface area contributed by atoms with Crippen LogP contribution in [0.2, 0.25) is 0 Å². The molecule has 2 aromatic rings. The van der Waals surface area contributed by atoms with Crippen LogP contribution in [0.1, 0.15) is 23.8 Å². The molecule has 0 radical (unpaired) electrons. The number of likely N-dealkylation sites (tertiary alicyclic amines) is 1. The van der Waals surface area contributed by atoms with Gasteiger partial charge < -0.3 is 15.0 Å². The third-order valence-corrected chi connectivity index (χ3v) is 4.95. The van der Waals surface area contributed by atoms with E-state index in [-0.39, 0.29) is 24.2 Å². The number of anilines is 1. The maximum absolute atomic E-state index is 12.5. The minimum atomic E-state index is -4.71. The molecule has 1 unspecified atom stereocenters. The second-order valence-corrected chi connectivity index (χ2v) is 6.67. The highest BCUT2D eigenvalue weighted by atomic mass is 32.1. The van der Waals surface area contributed by atoms with Gasteiger partial charge in [-0.25, -0.2) is 0 Å². The number of halogens is 3. The molecule has 0 spiro atoms. The smallest absolute Gasteiger partial charge is 0.406 e. The Bertz CT molecular complexity index is 702. The summed E-state index contributed by atoms with van der Waals surface area (Å²) in [5, 5.41) is 4.95. The van der Waals surface area contributed by atoms with E-state index in [0.717, 1.165) is 19.4 Å². The zero-order chi connectivity index (χ0) is 17.9. The van der Waals surface area contributed by atoms with Crippen LogP contribution in [0.3, 0.4) is 0 Å². The molecule has 25 heavy (non-hydrogen) atoms. The molecule has 0 bridgehead atoms. The summed E-state index contributed by atoms with van der Waals surface area (Å²) in [6.07, 6.45) is -2.79. The number of carbonyl (C=O) groups excluding carboxylic acids is 1. The molecule has 2 heterocycles. The molecular weight excluding hydrogens is 353 g/mol. The van der Waals surface area contributed by atoms with Crippen LogP contribution in [0.15, 0.2) is 41.8 Å². The number of nitrogens with one attached hydrogen (secondary N) is 1. The van der Waals surface area contributed by atoms with Gasteiger partial charge >= 0.3 is 6.36 Å². The molecular formula is C17H17F3N2O2S. The molecule has 0 aliphatic carbocycles. The minimum Gasteiger partial charge on any atom is -0.406 e. The monoisotopic (exact) mass is 370 g/mol. The highest BCUT2D eigenvalue weighted by molar-refractivity contribution is 7.10. The third-order valence-electron chi connectivity index (χ3n) is 3.98. The van der Waals surface area contributed by atoms with Crippen molar-refractivity contribution in [1.29, 1.82) is 0 Å². The van der Waals surface area contributed by atoms with Gasteiger partial charge in [0.2, 0.25) is 5.91 Å². The Kier molecular flexibility index (Phi) is 5.17. The Morgan fingerprint density at radius 1 is 1.28 bits per heavy atom. The Morgan fingerprint density at radius 2 is 2.04 bits per heavy atom. The van der Waals surface area contributed by atoms with E-state index >= 15 is 0 Å².